The molecule has 3 nitrogen and oxygen atoms in total. The first kappa shape index (κ1) is 14.5. The Balaban J connectivity index is 2.30. The highest BCUT2D eigenvalue weighted by molar-refractivity contribution is 5.02. The third kappa shape index (κ3) is 4.29. The highest BCUT2D eigenvalue weighted by atomic mass is 15.2. The van der Waals surface area contributed by atoms with E-state index in [0.717, 1.165) is 25.3 Å². The largest absolute Gasteiger partial charge is 0.303 e. The van der Waals surface area contributed by atoms with E-state index < -0.39 is 0 Å². The van der Waals surface area contributed by atoms with Gasteiger partial charge in [0.25, 0.3) is 0 Å². The van der Waals surface area contributed by atoms with Crippen molar-refractivity contribution >= 4 is 0 Å². The molecule has 0 radical (unpaired) electrons. The summed E-state index contributed by atoms with van der Waals surface area (Å²) in [5.41, 5.74) is -0.355. The van der Waals surface area contributed by atoms with Gasteiger partial charge in [0.1, 0.15) is 5.54 Å². The topological polar surface area (TPSA) is 39.1 Å². The van der Waals surface area contributed by atoms with Crippen LogP contribution in [0.25, 0.3) is 0 Å². The zero-order valence-corrected chi connectivity index (χ0v) is 11.8. The molecule has 1 saturated heterocycles. The number of likely N-dealkylation sites (tertiary alicyclic amines) is 1. The van der Waals surface area contributed by atoms with Crippen LogP contribution in [0.15, 0.2) is 0 Å². The van der Waals surface area contributed by atoms with Gasteiger partial charge in [-0.1, -0.05) is 6.92 Å². The molecule has 1 heterocycles. The SMILES string of the molecule is CNC(C)(C#N)CCCN1CCC(C)CC1C. The Labute approximate surface area is 106 Å². The molecule has 3 unspecified atom stereocenters. The minimum atomic E-state index is -0.355. The molecule has 1 N–H and O–H groups in total. The van der Waals surface area contributed by atoms with E-state index in [2.05, 4.69) is 30.1 Å². The Morgan fingerprint density at radius 1 is 1.47 bits per heavy atom. The van der Waals surface area contributed by atoms with Gasteiger partial charge in [-0.15, -0.1) is 0 Å². The van der Waals surface area contributed by atoms with Gasteiger partial charge in [0.2, 0.25) is 0 Å². The fourth-order valence-corrected chi connectivity index (χ4v) is 2.66. The average molecular weight is 237 g/mol. The second kappa shape index (κ2) is 6.37. The molecule has 3 atom stereocenters. The van der Waals surface area contributed by atoms with Crippen LogP contribution in [0, 0.1) is 17.2 Å². The number of piperidine rings is 1. The van der Waals surface area contributed by atoms with Crippen LogP contribution in [-0.4, -0.2) is 36.6 Å². The summed E-state index contributed by atoms with van der Waals surface area (Å²) in [6.45, 7) is 9.02. The van der Waals surface area contributed by atoms with Gasteiger partial charge in [-0.25, -0.2) is 0 Å². The second-order valence-electron chi connectivity index (χ2n) is 5.81. The van der Waals surface area contributed by atoms with Crippen LogP contribution in [0.3, 0.4) is 0 Å². The van der Waals surface area contributed by atoms with Gasteiger partial charge in [-0.3, -0.25) is 0 Å². The van der Waals surface area contributed by atoms with Crippen molar-refractivity contribution in [3.8, 4) is 6.07 Å². The Morgan fingerprint density at radius 3 is 2.71 bits per heavy atom. The zero-order chi connectivity index (χ0) is 12.9. The standard InChI is InChI=1S/C14H27N3/c1-12-6-9-17(13(2)10-12)8-5-7-14(3,11-15)16-4/h12-13,16H,5-10H2,1-4H3. The smallest absolute Gasteiger partial charge is 0.103 e. The van der Waals surface area contributed by atoms with E-state index in [1.54, 1.807) is 0 Å². The zero-order valence-electron chi connectivity index (χ0n) is 11.8. The van der Waals surface area contributed by atoms with Crippen molar-refractivity contribution < 1.29 is 0 Å². The van der Waals surface area contributed by atoms with Gasteiger partial charge in [-0.05, 0) is 65.6 Å². The predicted molar refractivity (Wildman–Crippen MR) is 71.7 cm³/mol. The van der Waals surface area contributed by atoms with E-state index in [1.165, 1.54) is 19.4 Å². The molecule has 3 heteroatoms. The van der Waals surface area contributed by atoms with Crippen LogP contribution in [0.1, 0.15) is 46.5 Å². The summed E-state index contributed by atoms with van der Waals surface area (Å²) in [6, 6.07) is 3.06. The molecule has 0 spiro atoms. The highest BCUT2D eigenvalue weighted by Crippen LogP contribution is 2.22. The quantitative estimate of drug-likeness (QED) is 0.798. The molecule has 0 aliphatic carbocycles. The Morgan fingerprint density at radius 2 is 2.18 bits per heavy atom. The number of nitrogens with one attached hydrogen (secondary N) is 1. The third-order valence-corrected chi connectivity index (χ3v) is 4.20. The van der Waals surface area contributed by atoms with Crippen LogP contribution in [-0.2, 0) is 0 Å². The lowest BCUT2D eigenvalue weighted by Gasteiger charge is -2.37. The first-order valence-corrected chi connectivity index (χ1v) is 6.85. The molecular formula is C14H27N3. The van der Waals surface area contributed by atoms with E-state index in [9.17, 15) is 0 Å². The minimum Gasteiger partial charge on any atom is -0.303 e. The molecule has 0 aromatic rings. The number of hydrogen-bond acceptors (Lipinski definition) is 3. The van der Waals surface area contributed by atoms with Gasteiger partial charge in [0.15, 0.2) is 0 Å². The van der Waals surface area contributed by atoms with Gasteiger partial charge < -0.3 is 10.2 Å². The molecule has 0 saturated carbocycles. The van der Waals surface area contributed by atoms with Crippen molar-refractivity contribution in [2.24, 2.45) is 5.92 Å². The summed E-state index contributed by atoms with van der Waals surface area (Å²) >= 11 is 0. The van der Waals surface area contributed by atoms with Crippen molar-refractivity contribution in [3.63, 3.8) is 0 Å². The average Bonchev–Trinajstić information content (AvgIpc) is 2.32. The molecule has 1 aliphatic rings. The molecule has 0 amide bonds. The minimum absolute atomic E-state index is 0.355. The molecule has 17 heavy (non-hydrogen) atoms. The lowest BCUT2D eigenvalue weighted by atomic mass is 9.92. The predicted octanol–water partition coefficient (Wildman–Crippen LogP) is 2.39. The van der Waals surface area contributed by atoms with Crippen molar-refractivity contribution in [2.75, 3.05) is 20.1 Å². The fraction of sp³-hybridized carbons (Fsp3) is 0.929. The molecule has 0 aromatic carbocycles. The highest BCUT2D eigenvalue weighted by Gasteiger charge is 2.24. The van der Waals surface area contributed by atoms with Crippen LogP contribution < -0.4 is 5.32 Å². The number of nitriles is 1. The van der Waals surface area contributed by atoms with E-state index in [-0.39, 0.29) is 5.54 Å². The van der Waals surface area contributed by atoms with Crippen LogP contribution in [0.4, 0.5) is 0 Å². The number of rotatable bonds is 5. The van der Waals surface area contributed by atoms with Crippen molar-refractivity contribution in [3.05, 3.63) is 0 Å². The molecule has 1 fully saturated rings. The van der Waals surface area contributed by atoms with Gasteiger partial charge in [-0.2, -0.15) is 5.26 Å². The van der Waals surface area contributed by atoms with Gasteiger partial charge >= 0.3 is 0 Å². The summed E-state index contributed by atoms with van der Waals surface area (Å²) in [4.78, 5) is 2.58. The first-order chi connectivity index (χ1) is 8.00. The van der Waals surface area contributed by atoms with Crippen molar-refractivity contribution in [1.29, 1.82) is 5.26 Å². The molecular weight excluding hydrogens is 210 g/mol. The molecule has 0 aromatic heterocycles. The second-order valence-corrected chi connectivity index (χ2v) is 5.81. The van der Waals surface area contributed by atoms with Gasteiger partial charge in [0, 0.05) is 6.04 Å². The fourth-order valence-electron chi connectivity index (χ4n) is 2.66. The maximum absolute atomic E-state index is 9.08. The van der Waals surface area contributed by atoms with Crippen LogP contribution in [0.2, 0.25) is 0 Å². The summed E-state index contributed by atoms with van der Waals surface area (Å²) in [5.74, 6) is 0.878. The lowest BCUT2D eigenvalue weighted by Crippen LogP contribution is -2.42. The Bertz CT molecular complexity index is 271. The Kier molecular flexibility index (Phi) is 5.42. The van der Waals surface area contributed by atoms with Crippen LogP contribution >= 0.6 is 0 Å². The van der Waals surface area contributed by atoms with E-state index >= 15 is 0 Å². The van der Waals surface area contributed by atoms with E-state index in [1.807, 2.05) is 14.0 Å². The normalized spacial score (nSPS) is 29.6. The molecule has 98 valence electrons. The molecule has 1 rings (SSSR count). The number of hydrogen-bond donors (Lipinski definition) is 1. The maximum Gasteiger partial charge on any atom is 0.103 e. The van der Waals surface area contributed by atoms with E-state index in [4.69, 9.17) is 5.26 Å². The van der Waals surface area contributed by atoms with Crippen molar-refractivity contribution in [1.82, 2.24) is 10.2 Å². The summed E-state index contributed by atoms with van der Waals surface area (Å²) in [6.07, 6.45) is 4.68. The molecule has 1 aliphatic heterocycles. The summed E-state index contributed by atoms with van der Waals surface area (Å²) in [7, 11) is 1.87. The first-order valence-electron chi connectivity index (χ1n) is 6.85. The van der Waals surface area contributed by atoms with E-state index in [0.29, 0.717) is 6.04 Å². The molecule has 0 bridgehead atoms. The monoisotopic (exact) mass is 237 g/mol. The van der Waals surface area contributed by atoms with Crippen LogP contribution in [0.5, 0.6) is 0 Å². The van der Waals surface area contributed by atoms with Gasteiger partial charge in [0.05, 0.1) is 6.07 Å². The maximum atomic E-state index is 9.08. The third-order valence-electron chi connectivity index (χ3n) is 4.20. The van der Waals surface area contributed by atoms with Crippen molar-refractivity contribution in [2.45, 2.75) is 58.0 Å². The summed E-state index contributed by atoms with van der Waals surface area (Å²) in [5, 5.41) is 12.2. The Hall–Kier alpha value is -0.590. The summed E-state index contributed by atoms with van der Waals surface area (Å²) < 4.78 is 0. The number of nitrogens with zero attached hydrogens (tertiary/aromatic N) is 2. The lowest BCUT2D eigenvalue weighted by molar-refractivity contribution is 0.125.